The van der Waals surface area contributed by atoms with Gasteiger partial charge in [0.15, 0.2) is 52.2 Å². The molecule has 3 amide bonds. The second-order valence-corrected chi connectivity index (χ2v) is 35.1. The number of amides is 3. The lowest BCUT2D eigenvalue weighted by Gasteiger charge is -2.36. The van der Waals surface area contributed by atoms with Gasteiger partial charge < -0.3 is 44.7 Å². The van der Waals surface area contributed by atoms with Crippen LogP contribution in [0.3, 0.4) is 0 Å². The quantitative estimate of drug-likeness (QED) is 0.0371. The summed E-state index contributed by atoms with van der Waals surface area (Å²) in [6.45, 7) is 30.1. The molecule has 3 aliphatic heterocycles. The average molecular weight is 2010 g/mol. The Balaban J connectivity index is 0.000000171. The molecule has 696 valence electrons. The van der Waals surface area contributed by atoms with Gasteiger partial charge in [-0.2, -0.15) is 20.2 Å². The molecule has 135 heavy (non-hydrogen) atoms. The summed E-state index contributed by atoms with van der Waals surface area (Å²) >= 11 is 49.6. The highest BCUT2D eigenvalue weighted by atomic mass is 35.5. The number of carbonyl (C=O) groups excluding carboxylic acids is 3. The van der Waals surface area contributed by atoms with Gasteiger partial charge in [-0.1, -0.05) is 154 Å². The molecule has 27 nitrogen and oxygen atoms in total. The molecule has 15 rings (SSSR count). The first kappa shape index (κ1) is 99.4. The van der Waals surface area contributed by atoms with Gasteiger partial charge >= 0.3 is 0 Å². The summed E-state index contributed by atoms with van der Waals surface area (Å²) in [5, 5.41) is 57.7. The smallest absolute Gasteiger partial charge is 0.276 e. The lowest BCUT2D eigenvalue weighted by molar-refractivity contribution is -0.127. The van der Waals surface area contributed by atoms with Crippen LogP contribution in [0.2, 0.25) is 40.2 Å². The Morgan fingerprint density at radius 1 is 0.378 bits per heavy atom. The maximum atomic E-state index is 15.5. The number of phenolic OH excluding ortho intramolecular Hbond substituents is 3. The first-order valence-electron chi connectivity index (χ1n) is 41.1. The minimum atomic E-state index is -2.00. The molecule has 0 unspecified atom stereocenters. The number of phenols is 3. The minimum Gasteiger partial charge on any atom is -0.504 e. The molecule has 3 fully saturated rings. The van der Waals surface area contributed by atoms with Crippen LogP contribution in [-0.2, 0) is 14.4 Å². The lowest BCUT2D eigenvalue weighted by Crippen LogP contribution is -2.49. The number of nitriles is 3. The standard InChI is InChI=1S/2C31H25Cl3F2N6O3.C31H25Cl2F3N6O3/c2*1-5-19(43)40-8-10-41(11-9-40)28-16-12-18(32)26(20-23(35)21(33)22(34)29(44)24(20)36)39-30(16)42(31(45)17(28)13-37)27-15(4)6-7-38-25(27)14(2)3;1-5-19(43)40-8-10-41(11-9-40)28-16-12-18(32)26(20-21(33)29(44)24(36)23(35)22(20)34)39-30(16)42(31(45)17(28)13-37)27-15(4)6-7-38-25(27)14(2)3/h3*5-7,12,14,44H,1,8-11H2,2-4H3. The molecular formula is C93H75Cl8F7N18O9. The van der Waals surface area contributed by atoms with Crippen molar-refractivity contribution in [2.75, 3.05) is 93.2 Å². The van der Waals surface area contributed by atoms with Crippen molar-refractivity contribution < 1.29 is 60.4 Å². The summed E-state index contributed by atoms with van der Waals surface area (Å²) < 4.78 is 109. The average Bonchev–Trinajstić information content (AvgIpc) is 0.728. The van der Waals surface area contributed by atoms with Crippen LogP contribution in [0, 0.1) is 95.5 Å². The van der Waals surface area contributed by atoms with Gasteiger partial charge in [0.05, 0.1) is 115 Å². The van der Waals surface area contributed by atoms with E-state index in [1.807, 2.05) is 59.8 Å². The van der Waals surface area contributed by atoms with Crippen molar-refractivity contribution in [3.63, 3.8) is 0 Å². The van der Waals surface area contributed by atoms with Crippen LogP contribution in [0.1, 0.15) is 110 Å². The number of anilines is 3. The molecule has 3 aromatic carbocycles. The summed E-state index contributed by atoms with van der Waals surface area (Å²) in [5.41, 5.74) is -2.31. The maximum absolute atomic E-state index is 15.5. The Hall–Kier alpha value is -13.1. The van der Waals surface area contributed by atoms with Crippen LogP contribution in [0.25, 0.3) is 83.9 Å². The monoisotopic (exact) mass is 2000 g/mol. The number of aromatic hydroxyl groups is 3. The molecule has 0 bridgehead atoms. The van der Waals surface area contributed by atoms with Gasteiger partial charge in [-0.05, 0) is 110 Å². The molecule has 9 aromatic heterocycles. The Morgan fingerprint density at radius 2 is 0.637 bits per heavy atom. The maximum Gasteiger partial charge on any atom is 0.276 e. The SMILES string of the molecule is C=CC(=O)N1CCN(c2c(C#N)c(=O)n(-c3c(C)ccnc3C(C)C)c3nc(-c4c(F)c(F)c(F)c(O)c4Cl)c(Cl)cc23)CC1.C=CC(=O)N1CCN(c2c(C#N)c(=O)n(-c3c(C)ccnc3C(C)C)c3nc(-c4c(F)c(O)c(Cl)c(Cl)c4F)c(Cl)cc23)CC1.C=CC(=O)N1CCN(c2c(C#N)c(=O)n(-c3c(C)ccnc3C(C)C)c3nc(-c4c(F)c(O)c(Cl)c(Cl)c4F)c(Cl)cc23)CC1. The van der Waals surface area contributed by atoms with Crippen LogP contribution in [-0.4, -0.2) is 170 Å². The number of nitrogens with zero attached hydrogens (tertiary/aromatic N) is 18. The van der Waals surface area contributed by atoms with Crippen molar-refractivity contribution in [3.8, 4) is 86.3 Å². The second-order valence-electron chi connectivity index (χ2n) is 32.0. The van der Waals surface area contributed by atoms with E-state index in [1.54, 1.807) is 87.0 Å². The number of hydrogen-bond donors (Lipinski definition) is 3. The molecular weight excluding hydrogens is 1930 g/mol. The zero-order valence-electron chi connectivity index (χ0n) is 72.8. The third-order valence-corrected chi connectivity index (χ3v) is 25.9. The van der Waals surface area contributed by atoms with Gasteiger partial charge in [-0.3, -0.25) is 57.4 Å². The van der Waals surface area contributed by atoms with Crippen molar-refractivity contribution in [3.05, 3.63) is 255 Å². The van der Waals surface area contributed by atoms with E-state index in [4.69, 9.17) is 92.8 Å². The fourth-order valence-electron chi connectivity index (χ4n) is 16.4. The zero-order valence-corrected chi connectivity index (χ0v) is 78.8. The number of halogens is 15. The first-order chi connectivity index (χ1) is 64.0. The van der Waals surface area contributed by atoms with E-state index in [-0.39, 0.29) is 196 Å². The number of rotatable bonds is 15. The van der Waals surface area contributed by atoms with Crippen molar-refractivity contribution in [1.29, 1.82) is 15.8 Å². The Morgan fingerprint density at radius 3 is 0.889 bits per heavy atom. The van der Waals surface area contributed by atoms with E-state index in [0.717, 1.165) is 4.57 Å². The van der Waals surface area contributed by atoms with E-state index < -0.39 is 134 Å². The third-order valence-electron chi connectivity index (χ3n) is 23.0. The predicted octanol–water partition coefficient (Wildman–Crippen LogP) is 19.1. The van der Waals surface area contributed by atoms with Crippen LogP contribution >= 0.6 is 92.8 Å². The molecule has 0 spiro atoms. The number of piperazine rings is 3. The topological polar surface area (TPSA) is 346 Å². The number of benzene rings is 3. The molecule has 0 aliphatic carbocycles. The van der Waals surface area contributed by atoms with E-state index >= 15 is 22.0 Å². The molecule has 12 aromatic rings. The van der Waals surface area contributed by atoms with Gasteiger partial charge in [0, 0.05) is 113 Å². The molecule has 3 saturated heterocycles. The highest BCUT2D eigenvalue weighted by molar-refractivity contribution is 6.44. The predicted molar refractivity (Wildman–Crippen MR) is 504 cm³/mol. The summed E-state index contributed by atoms with van der Waals surface area (Å²) in [6.07, 6.45) is 8.36. The fourth-order valence-corrected chi connectivity index (χ4v) is 18.1. The third kappa shape index (κ3) is 17.7. The van der Waals surface area contributed by atoms with Crippen molar-refractivity contribution >= 4 is 161 Å². The zero-order chi connectivity index (χ0) is 98.7. The number of hydrogen-bond acceptors (Lipinski definition) is 21. The number of aromatic nitrogens is 9. The van der Waals surface area contributed by atoms with E-state index in [2.05, 4.69) is 49.6 Å². The van der Waals surface area contributed by atoms with Crippen LogP contribution in [0.15, 0.2) is 107 Å². The van der Waals surface area contributed by atoms with E-state index in [0.29, 0.717) is 50.8 Å². The van der Waals surface area contributed by atoms with Crippen LogP contribution in [0.5, 0.6) is 17.2 Å². The highest BCUT2D eigenvalue weighted by Crippen LogP contribution is 2.50. The van der Waals surface area contributed by atoms with Gasteiger partial charge in [0.25, 0.3) is 16.7 Å². The van der Waals surface area contributed by atoms with Gasteiger partial charge in [0.2, 0.25) is 23.5 Å². The number of aryl methyl sites for hydroxylation is 3. The highest BCUT2D eigenvalue weighted by Gasteiger charge is 2.39. The van der Waals surface area contributed by atoms with Gasteiger partial charge in [0.1, 0.15) is 61.9 Å². The van der Waals surface area contributed by atoms with Gasteiger partial charge in [-0.25, -0.2) is 41.3 Å². The Kier molecular flexibility index (Phi) is 29.3. The summed E-state index contributed by atoms with van der Waals surface area (Å²) in [6, 6.07) is 15.1. The molecule has 3 N–H and O–H groups in total. The second kappa shape index (κ2) is 39.8. The summed E-state index contributed by atoms with van der Waals surface area (Å²) in [4.78, 5) is 117. The molecule has 0 saturated carbocycles. The number of pyridine rings is 9. The van der Waals surface area contributed by atoms with Crippen molar-refractivity contribution in [1.82, 2.24) is 58.3 Å². The molecule has 3 aliphatic rings. The summed E-state index contributed by atoms with van der Waals surface area (Å²) in [7, 11) is 0. The van der Waals surface area contributed by atoms with E-state index in [9.17, 15) is 68.7 Å². The van der Waals surface area contributed by atoms with Crippen molar-refractivity contribution in [2.24, 2.45) is 0 Å². The van der Waals surface area contributed by atoms with Crippen LogP contribution < -0.4 is 31.4 Å². The van der Waals surface area contributed by atoms with E-state index in [1.165, 1.54) is 45.6 Å². The normalized spacial score (nSPS) is 13.4. The first-order valence-corrected chi connectivity index (χ1v) is 44.1. The fraction of sp³-hybridized carbons (Fsp3) is 0.258. The molecule has 42 heteroatoms. The van der Waals surface area contributed by atoms with Gasteiger partial charge in [-0.15, -0.1) is 0 Å². The Bertz CT molecular complexity index is 6650. The summed E-state index contributed by atoms with van der Waals surface area (Å²) in [5.74, 6) is -16.1. The van der Waals surface area contributed by atoms with Crippen molar-refractivity contribution in [2.45, 2.75) is 80.1 Å². The molecule has 0 atom stereocenters. The number of carbonyl (C=O) groups is 3. The minimum absolute atomic E-state index is 0.0830. The van der Waals surface area contributed by atoms with Crippen LogP contribution in [0.4, 0.5) is 47.8 Å². The Labute approximate surface area is 804 Å². The molecule has 12 heterocycles. The lowest BCUT2D eigenvalue weighted by atomic mass is 10.0. The molecule has 0 radical (unpaired) electrons. The number of fused-ring (bicyclic) bond motifs is 3. The largest absolute Gasteiger partial charge is 0.504 e.